The van der Waals surface area contributed by atoms with Gasteiger partial charge < -0.3 is 9.47 Å². The van der Waals surface area contributed by atoms with Gasteiger partial charge in [-0.3, -0.25) is 4.79 Å². The van der Waals surface area contributed by atoms with E-state index in [1.165, 1.54) is 43.6 Å². The molecule has 0 aliphatic heterocycles. The molecule has 1 atom stereocenters. The number of benzene rings is 2. The van der Waals surface area contributed by atoms with Gasteiger partial charge in [-0.05, 0) is 110 Å². The van der Waals surface area contributed by atoms with Crippen molar-refractivity contribution in [1.82, 2.24) is 0 Å². The Kier molecular flexibility index (Phi) is 9.25. The quantitative estimate of drug-likeness (QED) is 0.372. The van der Waals surface area contributed by atoms with Crippen LogP contribution in [0.1, 0.15) is 79.9 Å². The third kappa shape index (κ3) is 6.75. The molecule has 0 spiro atoms. The maximum Gasteiger partial charge on any atom is 0.306 e. The van der Waals surface area contributed by atoms with Gasteiger partial charge in [-0.15, -0.1) is 0 Å². The normalized spacial score (nSPS) is 21.1. The van der Waals surface area contributed by atoms with E-state index >= 15 is 0 Å². The van der Waals surface area contributed by atoms with Crippen molar-refractivity contribution >= 4 is 19.5 Å². The lowest BCUT2D eigenvalue weighted by atomic mass is 9.76. The van der Waals surface area contributed by atoms with Crippen LogP contribution in [0.2, 0.25) is 0 Å². The molecule has 5 heteroatoms. The first-order chi connectivity index (χ1) is 15.6. The Morgan fingerprint density at radius 1 is 1.03 bits per heavy atom. The fraction of sp³-hybridized carbons (Fsp3) is 0.536. The molecule has 0 amide bonds. The van der Waals surface area contributed by atoms with Crippen molar-refractivity contribution in [2.75, 3.05) is 14.2 Å². The molecule has 0 saturated heterocycles. The highest BCUT2D eigenvalue weighted by atomic mass is 32.1. The topological polar surface area (TPSA) is 35.5 Å². The second-order valence-corrected chi connectivity index (χ2v) is 9.61. The molecular formula is C28H37FO3S. The molecule has 2 aromatic rings. The van der Waals surface area contributed by atoms with E-state index in [1.54, 1.807) is 13.2 Å². The van der Waals surface area contributed by atoms with Crippen LogP contribution in [0.5, 0.6) is 5.75 Å². The van der Waals surface area contributed by atoms with Crippen molar-refractivity contribution in [2.24, 2.45) is 11.8 Å². The van der Waals surface area contributed by atoms with Gasteiger partial charge in [0.05, 0.1) is 20.6 Å². The van der Waals surface area contributed by atoms with Crippen LogP contribution in [0.25, 0.3) is 0 Å². The van der Waals surface area contributed by atoms with Gasteiger partial charge in [0.2, 0.25) is 0 Å². The predicted octanol–water partition coefficient (Wildman–Crippen LogP) is 6.91. The number of rotatable bonds is 9. The number of aryl methyl sites for hydroxylation is 1. The summed E-state index contributed by atoms with van der Waals surface area (Å²) in [5, 5.41) is 0. The fourth-order valence-electron chi connectivity index (χ4n) is 5.39. The van der Waals surface area contributed by atoms with Gasteiger partial charge in [-0.1, -0.05) is 24.3 Å². The molecular weight excluding hydrogens is 435 g/mol. The second-order valence-electron chi connectivity index (χ2n) is 9.61. The molecule has 0 N–H and O–H groups in total. The van der Waals surface area contributed by atoms with E-state index in [0.29, 0.717) is 24.2 Å². The number of hydrogen-bond acceptors (Lipinski definition) is 3. The molecule has 2 saturated carbocycles. The molecule has 0 bridgehead atoms. The van der Waals surface area contributed by atoms with Crippen LogP contribution >= 0.6 is 13.5 Å². The van der Waals surface area contributed by atoms with Crippen molar-refractivity contribution in [3.8, 4) is 5.75 Å². The largest absolute Gasteiger partial charge is 0.497 e. The Morgan fingerprint density at radius 2 is 1.79 bits per heavy atom. The molecule has 0 aromatic heterocycles. The lowest BCUT2D eigenvalue weighted by Gasteiger charge is -2.29. The zero-order valence-corrected chi connectivity index (χ0v) is 20.8. The summed E-state index contributed by atoms with van der Waals surface area (Å²) in [6.45, 7) is 0. The molecule has 0 heterocycles. The minimum Gasteiger partial charge on any atom is -0.497 e. The number of esters is 1. The Bertz CT molecular complexity index is 919. The van der Waals surface area contributed by atoms with Crippen LogP contribution in [-0.2, 0) is 16.0 Å². The van der Waals surface area contributed by atoms with Crippen LogP contribution < -0.4 is 4.74 Å². The average molecular weight is 473 g/mol. The summed E-state index contributed by atoms with van der Waals surface area (Å²) >= 11 is 0. The number of methoxy groups -OCH3 is 2. The van der Waals surface area contributed by atoms with Crippen molar-refractivity contribution in [3.05, 3.63) is 65.0 Å². The zero-order valence-electron chi connectivity index (χ0n) is 19.8. The van der Waals surface area contributed by atoms with Gasteiger partial charge in [0, 0.05) is 0 Å². The minimum absolute atomic E-state index is 0. The van der Waals surface area contributed by atoms with E-state index in [9.17, 15) is 9.18 Å². The summed E-state index contributed by atoms with van der Waals surface area (Å²) in [6, 6.07) is 13.9. The number of hydrogen-bond donors (Lipinski definition) is 0. The highest BCUT2D eigenvalue weighted by Crippen LogP contribution is 2.45. The molecule has 4 rings (SSSR count). The highest BCUT2D eigenvalue weighted by Gasteiger charge is 2.34. The monoisotopic (exact) mass is 472 g/mol. The first kappa shape index (κ1) is 25.6. The third-order valence-electron chi connectivity index (χ3n) is 7.52. The number of ether oxygens (including phenoxy) is 2. The summed E-state index contributed by atoms with van der Waals surface area (Å²) in [6.07, 6.45) is 9.51. The minimum atomic E-state index is -0.114. The summed E-state index contributed by atoms with van der Waals surface area (Å²) in [7, 11) is 3.10. The second kappa shape index (κ2) is 11.9. The van der Waals surface area contributed by atoms with Gasteiger partial charge in [0.1, 0.15) is 11.6 Å². The first-order valence-corrected chi connectivity index (χ1v) is 12.1. The van der Waals surface area contributed by atoms with E-state index in [1.807, 2.05) is 6.07 Å². The van der Waals surface area contributed by atoms with Gasteiger partial charge >= 0.3 is 5.97 Å². The molecule has 0 radical (unpaired) electrons. The van der Waals surface area contributed by atoms with E-state index in [0.717, 1.165) is 43.4 Å². The van der Waals surface area contributed by atoms with Crippen LogP contribution in [-0.4, -0.2) is 20.2 Å². The maximum absolute atomic E-state index is 14.3. The van der Waals surface area contributed by atoms with E-state index in [2.05, 4.69) is 24.3 Å². The number of carbonyl (C=O) groups is 1. The summed E-state index contributed by atoms with van der Waals surface area (Å²) in [5.41, 5.74) is 3.46. The molecule has 33 heavy (non-hydrogen) atoms. The lowest BCUT2D eigenvalue weighted by molar-refractivity contribution is -0.141. The predicted molar refractivity (Wildman–Crippen MR) is 135 cm³/mol. The van der Waals surface area contributed by atoms with E-state index in [-0.39, 0.29) is 31.2 Å². The molecule has 2 fully saturated rings. The Morgan fingerprint density at radius 3 is 2.45 bits per heavy atom. The standard InChI is InChI=1S/C28H35FO3.H2S/c1-31-24-14-15-27(29)26(17-24)22-10-8-19(9-11-22)6-7-20-4-3-5-23(16-20)25(21-12-13-21)18-28(30)32-2;/h3-5,14-17,19,21-22,25H,6-13,18H2,1-2H3;1H2/t19?,22?,25-;/m0./s1. The molecule has 3 nitrogen and oxygen atoms in total. The summed E-state index contributed by atoms with van der Waals surface area (Å²) in [4.78, 5) is 11.9. The molecule has 2 aliphatic carbocycles. The summed E-state index contributed by atoms with van der Waals surface area (Å²) < 4.78 is 24.6. The van der Waals surface area contributed by atoms with Crippen molar-refractivity contribution < 1.29 is 18.7 Å². The van der Waals surface area contributed by atoms with Gasteiger partial charge in [-0.25, -0.2) is 4.39 Å². The van der Waals surface area contributed by atoms with E-state index < -0.39 is 0 Å². The van der Waals surface area contributed by atoms with Crippen LogP contribution in [0.3, 0.4) is 0 Å². The first-order valence-electron chi connectivity index (χ1n) is 12.1. The maximum atomic E-state index is 14.3. The summed E-state index contributed by atoms with van der Waals surface area (Å²) in [5.74, 6) is 2.41. The highest BCUT2D eigenvalue weighted by molar-refractivity contribution is 7.59. The van der Waals surface area contributed by atoms with Crippen LogP contribution in [0.4, 0.5) is 4.39 Å². The Hall–Kier alpha value is -2.01. The van der Waals surface area contributed by atoms with Crippen molar-refractivity contribution in [3.63, 3.8) is 0 Å². The molecule has 180 valence electrons. The average Bonchev–Trinajstić information content (AvgIpc) is 3.67. The Labute approximate surface area is 204 Å². The SMILES string of the molecule is COC(=O)C[C@H](c1cccc(CCC2CCC(c3cc(OC)ccc3F)CC2)c1)C1CC1.S. The lowest BCUT2D eigenvalue weighted by Crippen LogP contribution is -2.15. The van der Waals surface area contributed by atoms with Gasteiger partial charge in [-0.2, -0.15) is 13.5 Å². The Balaban J connectivity index is 0.00000306. The molecule has 2 aromatic carbocycles. The van der Waals surface area contributed by atoms with Crippen molar-refractivity contribution in [2.45, 2.75) is 69.6 Å². The van der Waals surface area contributed by atoms with Crippen molar-refractivity contribution in [1.29, 1.82) is 0 Å². The zero-order chi connectivity index (χ0) is 22.5. The third-order valence-corrected chi connectivity index (χ3v) is 7.52. The molecule has 0 unspecified atom stereocenters. The van der Waals surface area contributed by atoms with Gasteiger partial charge in [0.25, 0.3) is 0 Å². The fourth-order valence-corrected chi connectivity index (χ4v) is 5.39. The van der Waals surface area contributed by atoms with E-state index in [4.69, 9.17) is 9.47 Å². The smallest absolute Gasteiger partial charge is 0.306 e. The van der Waals surface area contributed by atoms with Crippen LogP contribution in [0, 0.1) is 17.7 Å². The van der Waals surface area contributed by atoms with Gasteiger partial charge in [0.15, 0.2) is 0 Å². The van der Waals surface area contributed by atoms with Crippen LogP contribution in [0.15, 0.2) is 42.5 Å². The number of halogens is 1. The molecule has 2 aliphatic rings. The number of carbonyl (C=O) groups excluding carboxylic acids is 1.